The van der Waals surface area contributed by atoms with Crippen molar-refractivity contribution < 1.29 is 23.8 Å². The molecule has 0 saturated carbocycles. The van der Waals surface area contributed by atoms with Gasteiger partial charge in [0.2, 0.25) is 0 Å². The third-order valence-electron chi connectivity index (χ3n) is 3.60. The number of aliphatic hydroxyl groups excluding tert-OH is 1. The molecular formula is C14H19ClF2N2O3. The molecule has 1 fully saturated rings. The SMILES string of the molecule is Cl.O=C(O)c1ccc([C@@H](N2CCNCC2)C(F)(F)CO)cc1. The number of carboxylic acids is 1. The van der Waals surface area contributed by atoms with Crippen LogP contribution in [0.2, 0.25) is 0 Å². The van der Waals surface area contributed by atoms with Crippen LogP contribution in [0.25, 0.3) is 0 Å². The lowest BCUT2D eigenvalue weighted by Gasteiger charge is -2.38. The van der Waals surface area contributed by atoms with Gasteiger partial charge in [-0.25, -0.2) is 13.6 Å². The molecule has 1 aliphatic heterocycles. The summed E-state index contributed by atoms with van der Waals surface area (Å²) in [6.07, 6.45) is 0. The van der Waals surface area contributed by atoms with Gasteiger partial charge in [0.1, 0.15) is 12.6 Å². The number of carbonyl (C=O) groups is 1. The van der Waals surface area contributed by atoms with Gasteiger partial charge in [-0.05, 0) is 17.7 Å². The van der Waals surface area contributed by atoms with Crippen molar-refractivity contribution in [3.63, 3.8) is 0 Å². The van der Waals surface area contributed by atoms with Crippen molar-refractivity contribution in [2.45, 2.75) is 12.0 Å². The standard InChI is InChI=1S/C14H18F2N2O3.ClH/c15-14(16,9-19)12(18-7-5-17-6-8-18)10-1-3-11(4-2-10)13(20)21;/h1-4,12,17,19H,5-9H2,(H,20,21);1H/t12-;/m1./s1. The van der Waals surface area contributed by atoms with Crippen molar-refractivity contribution in [3.05, 3.63) is 35.4 Å². The topological polar surface area (TPSA) is 72.8 Å². The molecule has 2 rings (SSSR count). The first kappa shape index (κ1) is 18.8. The zero-order valence-corrected chi connectivity index (χ0v) is 12.7. The van der Waals surface area contributed by atoms with Crippen LogP contribution < -0.4 is 5.32 Å². The van der Waals surface area contributed by atoms with E-state index in [-0.39, 0.29) is 18.0 Å². The van der Waals surface area contributed by atoms with Crippen molar-refractivity contribution in [1.29, 1.82) is 0 Å². The molecule has 22 heavy (non-hydrogen) atoms. The molecule has 1 aromatic carbocycles. The van der Waals surface area contributed by atoms with Gasteiger partial charge < -0.3 is 15.5 Å². The van der Waals surface area contributed by atoms with E-state index < -0.39 is 24.5 Å². The van der Waals surface area contributed by atoms with Gasteiger partial charge in [-0.15, -0.1) is 12.4 Å². The van der Waals surface area contributed by atoms with E-state index >= 15 is 0 Å². The molecule has 1 atom stereocenters. The molecule has 0 aliphatic carbocycles. The highest BCUT2D eigenvalue weighted by Crippen LogP contribution is 2.36. The number of rotatable bonds is 5. The first-order valence-corrected chi connectivity index (χ1v) is 6.72. The average Bonchev–Trinajstić information content (AvgIpc) is 2.49. The van der Waals surface area contributed by atoms with E-state index in [0.29, 0.717) is 31.7 Å². The van der Waals surface area contributed by atoms with Crippen LogP contribution in [0.3, 0.4) is 0 Å². The highest BCUT2D eigenvalue weighted by molar-refractivity contribution is 5.87. The maximum absolute atomic E-state index is 14.1. The quantitative estimate of drug-likeness (QED) is 0.757. The van der Waals surface area contributed by atoms with Crippen molar-refractivity contribution in [2.24, 2.45) is 0 Å². The van der Waals surface area contributed by atoms with Crippen LogP contribution in [0.5, 0.6) is 0 Å². The van der Waals surface area contributed by atoms with E-state index in [4.69, 9.17) is 10.2 Å². The average molecular weight is 337 g/mol. The Balaban J connectivity index is 0.00000242. The fourth-order valence-electron chi connectivity index (χ4n) is 2.56. The van der Waals surface area contributed by atoms with Crippen molar-refractivity contribution in [2.75, 3.05) is 32.8 Å². The summed E-state index contributed by atoms with van der Waals surface area (Å²) in [6, 6.07) is 4.13. The van der Waals surface area contributed by atoms with Crippen LogP contribution in [-0.4, -0.2) is 59.8 Å². The molecule has 1 heterocycles. The van der Waals surface area contributed by atoms with Crippen molar-refractivity contribution in [1.82, 2.24) is 10.2 Å². The van der Waals surface area contributed by atoms with E-state index in [1.165, 1.54) is 24.3 Å². The number of piperazine rings is 1. The fraction of sp³-hybridized carbons (Fsp3) is 0.500. The Morgan fingerprint density at radius 2 is 1.82 bits per heavy atom. The molecule has 8 heteroatoms. The Hall–Kier alpha value is -1.28. The predicted octanol–water partition coefficient (Wildman–Crippen LogP) is 1.38. The molecule has 0 unspecified atom stereocenters. The number of alkyl halides is 2. The summed E-state index contributed by atoms with van der Waals surface area (Å²) >= 11 is 0. The monoisotopic (exact) mass is 336 g/mol. The minimum Gasteiger partial charge on any atom is -0.478 e. The third kappa shape index (κ3) is 4.13. The second kappa shape index (κ2) is 7.82. The van der Waals surface area contributed by atoms with E-state index in [9.17, 15) is 13.6 Å². The molecule has 1 aromatic rings. The van der Waals surface area contributed by atoms with E-state index in [0.717, 1.165) is 0 Å². The van der Waals surface area contributed by atoms with Crippen LogP contribution in [0.4, 0.5) is 8.78 Å². The van der Waals surface area contributed by atoms with Gasteiger partial charge in [-0.2, -0.15) is 0 Å². The lowest BCUT2D eigenvalue weighted by molar-refractivity contribution is -0.118. The Morgan fingerprint density at radius 1 is 1.27 bits per heavy atom. The van der Waals surface area contributed by atoms with Crippen molar-refractivity contribution in [3.8, 4) is 0 Å². The summed E-state index contributed by atoms with van der Waals surface area (Å²) in [7, 11) is 0. The Bertz CT molecular complexity index is 493. The molecule has 0 bridgehead atoms. The molecular weight excluding hydrogens is 318 g/mol. The van der Waals surface area contributed by atoms with Crippen molar-refractivity contribution >= 4 is 18.4 Å². The number of carboxylic acid groups (broad SMARTS) is 1. The maximum atomic E-state index is 14.1. The van der Waals surface area contributed by atoms with Crippen LogP contribution in [0.15, 0.2) is 24.3 Å². The smallest absolute Gasteiger partial charge is 0.335 e. The number of nitrogens with zero attached hydrogens (tertiary/aromatic N) is 1. The number of halogens is 3. The molecule has 1 saturated heterocycles. The molecule has 0 aromatic heterocycles. The van der Waals surface area contributed by atoms with Crippen LogP contribution >= 0.6 is 12.4 Å². The number of aromatic carboxylic acids is 1. The summed E-state index contributed by atoms with van der Waals surface area (Å²) in [5, 5.41) is 21.0. The summed E-state index contributed by atoms with van der Waals surface area (Å²) in [4.78, 5) is 12.4. The van der Waals surface area contributed by atoms with E-state index in [2.05, 4.69) is 5.32 Å². The van der Waals surface area contributed by atoms with Gasteiger partial charge in [0, 0.05) is 26.2 Å². The highest BCUT2D eigenvalue weighted by Gasteiger charge is 2.43. The zero-order valence-electron chi connectivity index (χ0n) is 11.8. The third-order valence-corrected chi connectivity index (χ3v) is 3.60. The van der Waals surface area contributed by atoms with E-state index in [1.807, 2.05) is 0 Å². The highest BCUT2D eigenvalue weighted by atomic mass is 35.5. The summed E-state index contributed by atoms with van der Waals surface area (Å²) < 4.78 is 28.2. The van der Waals surface area contributed by atoms with E-state index in [1.54, 1.807) is 4.90 Å². The second-order valence-electron chi connectivity index (χ2n) is 5.03. The number of benzene rings is 1. The lowest BCUT2D eigenvalue weighted by Crippen LogP contribution is -2.51. The minimum absolute atomic E-state index is 0. The summed E-state index contributed by atoms with van der Waals surface area (Å²) in [5.74, 6) is -4.39. The Morgan fingerprint density at radius 3 is 2.27 bits per heavy atom. The Labute approximate surface area is 133 Å². The fourth-order valence-corrected chi connectivity index (χ4v) is 2.56. The van der Waals surface area contributed by atoms with Crippen LogP contribution in [0, 0.1) is 0 Å². The molecule has 0 amide bonds. The molecule has 0 radical (unpaired) electrons. The zero-order chi connectivity index (χ0) is 15.5. The molecule has 124 valence electrons. The van der Waals surface area contributed by atoms with Gasteiger partial charge >= 0.3 is 5.97 Å². The summed E-state index contributed by atoms with van der Waals surface area (Å²) in [6.45, 7) is 0.848. The molecule has 0 spiro atoms. The second-order valence-corrected chi connectivity index (χ2v) is 5.03. The predicted molar refractivity (Wildman–Crippen MR) is 79.9 cm³/mol. The largest absolute Gasteiger partial charge is 0.478 e. The molecule has 1 aliphatic rings. The van der Waals surface area contributed by atoms with Gasteiger partial charge in [0.25, 0.3) is 5.92 Å². The first-order chi connectivity index (χ1) is 9.95. The number of hydrogen-bond acceptors (Lipinski definition) is 4. The maximum Gasteiger partial charge on any atom is 0.335 e. The van der Waals surface area contributed by atoms with Crippen LogP contribution in [0.1, 0.15) is 22.0 Å². The summed E-state index contributed by atoms with van der Waals surface area (Å²) in [5.41, 5.74) is 0.353. The lowest BCUT2D eigenvalue weighted by atomic mass is 9.97. The van der Waals surface area contributed by atoms with Gasteiger partial charge in [-0.3, -0.25) is 4.90 Å². The number of hydrogen-bond donors (Lipinski definition) is 3. The van der Waals surface area contributed by atoms with Gasteiger partial charge in [0.15, 0.2) is 0 Å². The molecule has 5 nitrogen and oxygen atoms in total. The number of nitrogens with one attached hydrogen (secondary N) is 1. The van der Waals surface area contributed by atoms with Gasteiger partial charge in [0.05, 0.1) is 5.56 Å². The molecule has 3 N–H and O–H groups in total. The van der Waals surface area contributed by atoms with Crippen LogP contribution in [-0.2, 0) is 0 Å². The minimum atomic E-state index is -3.29. The van der Waals surface area contributed by atoms with Gasteiger partial charge in [-0.1, -0.05) is 12.1 Å². The first-order valence-electron chi connectivity index (χ1n) is 6.72. The Kier molecular flexibility index (Phi) is 6.67. The normalized spacial score (nSPS) is 17.6. The number of aliphatic hydroxyl groups is 1.